The number of nitrogens with zero attached hydrogens (tertiary/aromatic N) is 3. The molecule has 2 heterocycles. The number of carbonyl (C=O) groups is 1. The maximum atomic E-state index is 13.0. The highest BCUT2D eigenvalue weighted by molar-refractivity contribution is 5.96. The van der Waals surface area contributed by atoms with Crippen LogP contribution >= 0.6 is 0 Å². The van der Waals surface area contributed by atoms with Crippen molar-refractivity contribution in [3.63, 3.8) is 0 Å². The van der Waals surface area contributed by atoms with Crippen molar-refractivity contribution in [2.24, 2.45) is 0 Å². The molecule has 1 amide bonds. The topological polar surface area (TPSA) is 49.6 Å². The zero-order valence-corrected chi connectivity index (χ0v) is 14.1. The Balaban J connectivity index is 1.59. The van der Waals surface area contributed by atoms with E-state index in [1.807, 2.05) is 11.8 Å². The Labute approximate surface area is 141 Å². The molecule has 1 aliphatic rings. The molecule has 0 aliphatic carbocycles. The van der Waals surface area contributed by atoms with Gasteiger partial charge < -0.3 is 9.42 Å². The van der Waals surface area contributed by atoms with Gasteiger partial charge >= 0.3 is 0 Å². The molecule has 0 saturated carbocycles. The zero-order chi connectivity index (χ0) is 17.1. The van der Waals surface area contributed by atoms with Crippen LogP contribution in [0.25, 0.3) is 0 Å². The van der Waals surface area contributed by atoms with Gasteiger partial charge in [-0.15, -0.1) is 0 Å². The maximum Gasteiger partial charge on any atom is 0.259 e. The summed E-state index contributed by atoms with van der Waals surface area (Å²) in [6, 6.07) is 6.58. The fraction of sp³-hybridized carbons (Fsp3) is 0.444. The first-order chi connectivity index (χ1) is 11.6. The van der Waals surface area contributed by atoms with Crippen molar-refractivity contribution < 1.29 is 13.7 Å². The summed E-state index contributed by atoms with van der Waals surface area (Å²) >= 11 is 0. The van der Waals surface area contributed by atoms with Crippen molar-refractivity contribution in [2.45, 2.75) is 26.8 Å². The largest absolute Gasteiger partial charge is 0.361 e. The first-order valence-electron chi connectivity index (χ1n) is 8.29. The number of carbonyl (C=O) groups excluding carboxylic acids is 1. The summed E-state index contributed by atoms with van der Waals surface area (Å²) in [6.07, 6.45) is 0.683. The normalized spacial score (nSPS) is 15.7. The number of piperazine rings is 1. The first kappa shape index (κ1) is 16.6. The number of aromatic nitrogens is 1. The Hall–Kier alpha value is -2.21. The van der Waals surface area contributed by atoms with Crippen LogP contribution in [0.5, 0.6) is 0 Å². The average Bonchev–Trinajstić information content (AvgIpc) is 2.98. The Morgan fingerprint density at radius 3 is 2.50 bits per heavy atom. The molecule has 0 unspecified atom stereocenters. The minimum atomic E-state index is -0.218. The summed E-state index contributed by atoms with van der Waals surface area (Å²) in [5, 5.41) is 3.96. The quantitative estimate of drug-likeness (QED) is 0.864. The van der Waals surface area contributed by atoms with Crippen molar-refractivity contribution in [3.8, 4) is 0 Å². The lowest BCUT2D eigenvalue weighted by Gasteiger charge is -2.34. The molecule has 0 spiro atoms. The van der Waals surface area contributed by atoms with Gasteiger partial charge in [-0.2, -0.15) is 0 Å². The second-order valence-electron chi connectivity index (χ2n) is 6.11. The summed E-state index contributed by atoms with van der Waals surface area (Å²) < 4.78 is 18.1. The van der Waals surface area contributed by atoms with Crippen LogP contribution in [-0.4, -0.2) is 47.0 Å². The van der Waals surface area contributed by atoms with Crippen LogP contribution in [0.2, 0.25) is 0 Å². The third-order valence-electron chi connectivity index (χ3n) is 4.46. The predicted octanol–water partition coefficient (Wildman–Crippen LogP) is 2.64. The molecular formula is C18H22FN3O2. The van der Waals surface area contributed by atoms with Gasteiger partial charge in [-0.1, -0.05) is 24.2 Å². The number of hydrogen-bond donors (Lipinski definition) is 0. The van der Waals surface area contributed by atoms with E-state index in [2.05, 4.69) is 10.1 Å². The monoisotopic (exact) mass is 331 g/mol. The van der Waals surface area contributed by atoms with Crippen molar-refractivity contribution in [1.29, 1.82) is 0 Å². The predicted molar refractivity (Wildman–Crippen MR) is 88.2 cm³/mol. The molecule has 3 rings (SSSR count). The molecule has 1 fully saturated rings. The van der Waals surface area contributed by atoms with Crippen LogP contribution in [-0.2, 0) is 13.0 Å². The molecule has 24 heavy (non-hydrogen) atoms. The molecule has 0 N–H and O–H groups in total. The van der Waals surface area contributed by atoms with E-state index < -0.39 is 0 Å². The van der Waals surface area contributed by atoms with E-state index in [0.717, 1.165) is 30.9 Å². The maximum absolute atomic E-state index is 13.0. The van der Waals surface area contributed by atoms with Gasteiger partial charge in [0.05, 0.1) is 5.69 Å². The lowest BCUT2D eigenvalue weighted by atomic mass is 10.1. The van der Waals surface area contributed by atoms with E-state index in [1.165, 1.54) is 12.1 Å². The number of rotatable bonds is 4. The summed E-state index contributed by atoms with van der Waals surface area (Å²) in [4.78, 5) is 16.9. The molecule has 6 heteroatoms. The van der Waals surface area contributed by atoms with E-state index in [9.17, 15) is 9.18 Å². The van der Waals surface area contributed by atoms with E-state index in [0.29, 0.717) is 30.8 Å². The Kier molecular flexibility index (Phi) is 4.94. The molecule has 1 aliphatic heterocycles. The summed E-state index contributed by atoms with van der Waals surface area (Å²) in [6.45, 7) is 7.47. The van der Waals surface area contributed by atoms with Crippen LogP contribution < -0.4 is 0 Å². The van der Waals surface area contributed by atoms with Crippen LogP contribution in [0, 0.1) is 12.7 Å². The van der Waals surface area contributed by atoms with Gasteiger partial charge in [-0.25, -0.2) is 4.39 Å². The molecule has 128 valence electrons. The van der Waals surface area contributed by atoms with E-state index >= 15 is 0 Å². The Morgan fingerprint density at radius 1 is 1.21 bits per heavy atom. The highest BCUT2D eigenvalue weighted by Crippen LogP contribution is 2.18. The molecule has 1 saturated heterocycles. The van der Waals surface area contributed by atoms with Crippen molar-refractivity contribution >= 4 is 5.91 Å². The highest BCUT2D eigenvalue weighted by Gasteiger charge is 2.27. The van der Waals surface area contributed by atoms with E-state index in [4.69, 9.17) is 4.52 Å². The second kappa shape index (κ2) is 7.13. The van der Waals surface area contributed by atoms with Gasteiger partial charge in [0.1, 0.15) is 17.1 Å². The Bertz CT molecular complexity index is 704. The third-order valence-corrected chi connectivity index (χ3v) is 4.46. The summed E-state index contributed by atoms with van der Waals surface area (Å²) in [5.41, 5.74) is 2.43. The van der Waals surface area contributed by atoms with E-state index in [-0.39, 0.29) is 11.7 Å². The number of benzene rings is 1. The average molecular weight is 331 g/mol. The number of hydrogen-bond acceptors (Lipinski definition) is 4. The summed E-state index contributed by atoms with van der Waals surface area (Å²) in [7, 11) is 0. The number of halogens is 1. The lowest BCUT2D eigenvalue weighted by Crippen LogP contribution is -2.48. The second-order valence-corrected chi connectivity index (χ2v) is 6.11. The molecule has 0 bridgehead atoms. The van der Waals surface area contributed by atoms with Gasteiger partial charge in [0, 0.05) is 32.7 Å². The molecule has 5 nitrogen and oxygen atoms in total. The van der Waals surface area contributed by atoms with Gasteiger partial charge in [-0.3, -0.25) is 9.69 Å². The molecule has 0 radical (unpaired) electrons. The van der Waals surface area contributed by atoms with Crippen LogP contribution in [0.1, 0.15) is 34.3 Å². The van der Waals surface area contributed by atoms with Crippen LogP contribution in [0.3, 0.4) is 0 Å². The van der Waals surface area contributed by atoms with Crippen molar-refractivity contribution in [3.05, 3.63) is 52.7 Å². The van der Waals surface area contributed by atoms with Crippen LogP contribution in [0.4, 0.5) is 4.39 Å². The standard InChI is InChI=1S/C18H22FN3O2/c1-3-16-17(13(2)24-20-16)18(23)22-10-8-21(9-11-22)12-14-4-6-15(19)7-5-14/h4-7H,3,8-12H2,1-2H3. The van der Waals surface area contributed by atoms with Crippen LogP contribution in [0.15, 0.2) is 28.8 Å². The summed E-state index contributed by atoms with van der Waals surface area (Å²) in [5.74, 6) is 0.377. The Morgan fingerprint density at radius 2 is 1.88 bits per heavy atom. The lowest BCUT2D eigenvalue weighted by molar-refractivity contribution is 0.0626. The minimum absolute atomic E-state index is 0.00651. The smallest absolute Gasteiger partial charge is 0.259 e. The molecular weight excluding hydrogens is 309 g/mol. The molecule has 1 aromatic heterocycles. The fourth-order valence-electron chi connectivity index (χ4n) is 3.05. The van der Waals surface area contributed by atoms with Gasteiger partial charge in [0.15, 0.2) is 0 Å². The minimum Gasteiger partial charge on any atom is -0.361 e. The third kappa shape index (κ3) is 3.48. The van der Waals surface area contributed by atoms with Crippen molar-refractivity contribution in [2.75, 3.05) is 26.2 Å². The molecule has 1 aromatic carbocycles. The first-order valence-corrected chi connectivity index (χ1v) is 8.29. The SMILES string of the molecule is CCc1noc(C)c1C(=O)N1CCN(Cc2ccc(F)cc2)CC1. The number of aryl methyl sites for hydroxylation is 2. The fourth-order valence-corrected chi connectivity index (χ4v) is 3.05. The van der Waals surface area contributed by atoms with E-state index in [1.54, 1.807) is 19.1 Å². The molecule has 2 aromatic rings. The van der Waals surface area contributed by atoms with Gasteiger partial charge in [0.2, 0.25) is 0 Å². The molecule has 0 atom stereocenters. The van der Waals surface area contributed by atoms with Gasteiger partial charge in [0.25, 0.3) is 5.91 Å². The van der Waals surface area contributed by atoms with Crippen molar-refractivity contribution in [1.82, 2.24) is 15.0 Å². The highest BCUT2D eigenvalue weighted by atomic mass is 19.1. The van der Waals surface area contributed by atoms with Gasteiger partial charge in [-0.05, 0) is 31.0 Å². The zero-order valence-electron chi connectivity index (χ0n) is 14.1. The number of amides is 1.